The van der Waals surface area contributed by atoms with Crippen molar-refractivity contribution in [2.75, 3.05) is 19.0 Å². The molecular weight excluding hydrogens is 278 g/mol. The number of ether oxygens (including phenoxy) is 2. The van der Waals surface area contributed by atoms with Gasteiger partial charge in [0.25, 0.3) is 0 Å². The van der Waals surface area contributed by atoms with Gasteiger partial charge in [-0.15, -0.1) is 0 Å². The van der Waals surface area contributed by atoms with Gasteiger partial charge in [-0.2, -0.15) is 0 Å². The highest BCUT2D eigenvalue weighted by atomic mass is 16.5. The Balaban J connectivity index is 1.95. The van der Waals surface area contributed by atoms with Gasteiger partial charge in [0.1, 0.15) is 11.5 Å². The predicted molar refractivity (Wildman–Crippen MR) is 87.7 cm³/mol. The summed E-state index contributed by atoms with van der Waals surface area (Å²) in [5, 5.41) is 3.06. The van der Waals surface area contributed by atoms with Crippen LogP contribution in [0.5, 0.6) is 11.5 Å². The largest absolute Gasteiger partial charge is 0.497 e. The number of nitrogens with one attached hydrogen (secondary N) is 1. The lowest BCUT2D eigenvalue weighted by atomic mass is 10.1. The van der Waals surface area contributed by atoms with Crippen LogP contribution in [0.1, 0.15) is 17.3 Å². The number of benzene rings is 2. The molecule has 0 spiro atoms. The van der Waals surface area contributed by atoms with Crippen LogP contribution in [0.3, 0.4) is 0 Å². The van der Waals surface area contributed by atoms with Crippen molar-refractivity contribution in [2.45, 2.75) is 6.92 Å². The number of hydrogen-bond acceptors (Lipinski definition) is 4. The zero-order valence-corrected chi connectivity index (χ0v) is 12.7. The van der Waals surface area contributed by atoms with Gasteiger partial charge >= 0.3 is 0 Å². The Kier molecular flexibility index (Phi) is 5.60. The van der Waals surface area contributed by atoms with Crippen molar-refractivity contribution in [1.82, 2.24) is 0 Å². The highest BCUT2D eigenvalue weighted by Gasteiger charge is 2.02. The Bertz CT molecular complexity index is 648. The first-order valence-electron chi connectivity index (χ1n) is 7.07. The van der Waals surface area contributed by atoms with Gasteiger partial charge in [-0.25, -0.2) is 0 Å². The average molecular weight is 297 g/mol. The van der Waals surface area contributed by atoms with E-state index in [1.54, 1.807) is 37.6 Å². The van der Waals surface area contributed by atoms with Crippen LogP contribution in [0, 0.1) is 0 Å². The number of anilines is 1. The SMILES string of the molecule is CCOc1ccc(NC=CC(=O)c2cccc(OC)c2)cc1. The van der Waals surface area contributed by atoms with E-state index >= 15 is 0 Å². The van der Waals surface area contributed by atoms with Gasteiger partial charge in [0.05, 0.1) is 13.7 Å². The maximum Gasteiger partial charge on any atom is 0.187 e. The molecule has 1 N–H and O–H groups in total. The number of hydrogen-bond donors (Lipinski definition) is 1. The Morgan fingerprint density at radius 1 is 1.14 bits per heavy atom. The highest BCUT2D eigenvalue weighted by Crippen LogP contribution is 2.16. The number of rotatable bonds is 7. The number of methoxy groups -OCH3 is 1. The summed E-state index contributed by atoms with van der Waals surface area (Å²) in [6.07, 6.45) is 3.11. The van der Waals surface area contributed by atoms with Crippen LogP contribution in [0.25, 0.3) is 0 Å². The molecule has 0 aliphatic heterocycles. The lowest BCUT2D eigenvalue weighted by Gasteiger charge is -2.04. The van der Waals surface area contributed by atoms with Gasteiger partial charge in [-0.05, 0) is 43.3 Å². The zero-order valence-electron chi connectivity index (χ0n) is 12.7. The fourth-order valence-electron chi connectivity index (χ4n) is 1.90. The van der Waals surface area contributed by atoms with Crippen molar-refractivity contribution in [1.29, 1.82) is 0 Å². The van der Waals surface area contributed by atoms with Crippen LogP contribution in [-0.2, 0) is 0 Å². The number of ketones is 1. The second-order valence-electron chi connectivity index (χ2n) is 4.53. The van der Waals surface area contributed by atoms with E-state index in [1.807, 2.05) is 31.2 Å². The van der Waals surface area contributed by atoms with Gasteiger partial charge in [-0.3, -0.25) is 4.79 Å². The lowest BCUT2D eigenvalue weighted by Crippen LogP contribution is -1.97. The van der Waals surface area contributed by atoms with Crippen LogP contribution in [-0.4, -0.2) is 19.5 Å². The van der Waals surface area contributed by atoms with Crippen molar-refractivity contribution < 1.29 is 14.3 Å². The summed E-state index contributed by atoms with van der Waals surface area (Å²) in [7, 11) is 1.58. The van der Waals surface area contributed by atoms with Crippen LogP contribution in [0.15, 0.2) is 60.8 Å². The first kappa shape index (κ1) is 15.6. The summed E-state index contributed by atoms with van der Waals surface area (Å²) in [5.74, 6) is 1.40. The average Bonchev–Trinajstić information content (AvgIpc) is 2.56. The summed E-state index contributed by atoms with van der Waals surface area (Å²) >= 11 is 0. The summed E-state index contributed by atoms with van der Waals surface area (Å²) < 4.78 is 10.5. The molecule has 2 rings (SSSR count). The molecule has 0 saturated heterocycles. The smallest absolute Gasteiger partial charge is 0.187 e. The molecule has 0 atom stereocenters. The minimum Gasteiger partial charge on any atom is -0.497 e. The number of carbonyl (C=O) groups is 1. The Hall–Kier alpha value is -2.75. The lowest BCUT2D eigenvalue weighted by molar-refractivity contribution is 0.104. The fourth-order valence-corrected chi connectivity index (χ4v) is 1.90. The Labute approximate surface area is 130 Å². The minimum absolute atomic E-state index is 0.0858. The van der Waals surface area contributed by atoms with Gasteiger partial charge in [0, 0.05) is 23.5 Å². The molecule has 0 fully saturated rings. The van der Waals surface area contributed by atoms with Crippen LogP contribution in [0.4, 0.5) is 5.69 Å². The van der Waals surface area contributed by atoms with Crippen molar-refractivity contribution in [2.24, 2.45) is 0 Å². The summed E-state index contributed by atoms with van der Waals surface area (Å²) in [5.41, 5.74) is 1.47. The van der Waals surface area contributed by atoms with E-state index in [4.69, 9.17) is 9.47 Å². The Morgan fingerprint density at radius 3 is 2.59 bits per heavy atom. The van der Waals surface area contributed by atoms with Crippen LogP contribution in [0.2, 0.25) is 0 Å². The summed E-state index contributed by atoms with van der Waals surface area (Å²) in [6, 6.07) is 14.6. The molecule has 0 heterocycles. The molecule has 0 unspecified atom stereocenters. The number of allylic oxidation sites excluding steroid dienone is 1. The number of carbonyl (C=O) groups excluding carboxylic acids is 1. The van der Waals surface area contributed by atoms with Crippen LogP contribution >= 0.6 is 0 Å². The van der Waals surface area contributed by atoms with E-state index < -0.39 is 0 Å². The van der Waals surface area contributed by atoms with E-state index in [-0.39, 0.29) is 5.78 Å². The molecule has 2 aromatic carbocycles. The van der Waals surface area contributed by atoms with Gasteiger partial charge < -0.3 is 14.8 Å². The third-order valence-corrected chi connectivity index (χ3v) is 3.00. The molecule has 0 radical (unpaired) electrons. The van der Waals surface area contributed by atoms with E-state index in [0.29, 0.717) is 17.9 Å². The molecule has 0 aromatic heterocycles. The van der Waals surface area contributed by atoms with Gasteiger partial charge in [-0.1, -0.05) is 12.1 Å². The molecule has 0 bridgehead atoms. The van der Waals surface area contributed by atoms with Crippen LogP contribution < -0.4 is 14.8 Å². The topological polar surface area (TPSA) is 47.6 Å². The van der Waals surface area contributed by atoms with E-state index in [9.17, 15) is 4.79 Å². The zero-order chi connectivity index (χ0) is 15.8. The Morgan fingerprint density at radius 2 is 1.91 bits per heavy atom. The van der Waals surface area contributed by atoms with E-state index in [0.717, 1.165) is 11.4 Å². The molecule has 2 aromatic rings. The maximum absolute atomic E-state index is 12.0. The van der Waals surface area contributed by atoms with Crippen molar-refractivity contribution in [3.8, 4) is 11.5 Å². The molecule has 0 saturated carbocycles. The standard InChI is InChI=1S/C18H19NO3/c1-3-22-16-9-7-15(8-10-16)19-12-11-18(20)14-5-4-6-17(13-14)21-2/h4-13,19H,3H2,1-2H3. The summed E-state index contributed by atoms with van der Waals surface area (Å²) in [4.78, 5) is 12.0. The molecule has 22 heavy (non-hydrogen) atoms. The molecule has 0 aliphatic rings. The summed E-state index contributed by atoms with van der Waals surface area (Å²) in [6.45, 7) is 2.58. The molecule has 4 heteroatoms. The second-order valence-corrected chi connectivity index (χ2v) is 4.53. The highest BCUT2D eigenvalue weighted by molar-refractivity contribution is 6.04. The van der Waals surface area contributed by atoms with Crippen molar-refractivity contribution >= 4 is 11.5 Å². The van der Waals surface area contributed by atoms with Crippen molar-refractivity contribution in [3.63, 3.8) is 0 Å². The third-order valence-electron chi connectivity index (χ3n) is 3.00. The molecule has 114 valence electrons. The third kappa shape index (κ3) is 4.38. The van der Waals surface area contributed by atoms with E-state index in [1.165, 1.54) is 6.08 Å². The maximum atomic E-state index is 12.0. The van der Waals surface area contributed by atoms with E-state index in [2.05, 4.69) is 5.32 Å². The molecule has 0 amide bonds. The normalized spacial score (nSPS) is 10.5. The monoisotopic (exact) mass is 297 g/mol. The molecule has 4 nitrogen and oxygen atoms in total. The minimum atomic E-state index is -0.0858. The van der Waals surface area contributed by atoms with Gasteiger partial charge in [0.15, 0.2) is 5.78 Å². The first-order chi connectivity index (χ1) is 10.7. The quantitative estimate of drug-likeness (QED) is 0.622. The molecular formula is C18H19NO3. The predicted octanol–water partition coefficient (Wildman–Crippen LogP) is 3.90. The second kappa shape index (κ2) is 7.88. The first-order valence-corrected chi connectivity index (χ1v) is 7.07. The van der Waals surface area contributed by atoms with Gasteiger partial charge in [0.2, 0.25) is 0 Å². The molecule has 0 aliphatic carbocycles. The fraction of sp³-hybridized carbons (Fsp3) is 0.167. The van der Waals surface area contributed by atoms with Crippen molar-refractivity contribution in [3.05, 3.63) is 66.4 Å².